The maximum atomic E-state index is 10.7. The van der Waals surface area contributed by atoms with E-state index in [0.717, 1.165) is 22.5 Å². The molecule has 0 saturated heterocycles. The minimum absolute atomic E-state index is 0.655. The molecule has 1 N–H and O–H groups in total. The number of allylic oxidation sites excluding steroid dienone is 1. The van der Waals surface area contributed by atoms with E-state index in [1.807, 2.05) is 86.6 Å². The lowest BCUT2D eigenvalue weighted by Gasteiger charge is -2.33. The Bertz CT molecular complexity index is 683. The molecule has 0 amide bonds. The van der Waals surface area contributed by atoms with E-state index in [-0.39, 0.29) is 0 Å². The quantitative estimate of drug-likeness (QED) is 0.627. The topological polar surface area (TPSA) is 39.1 Å². The summed E-state index contributed by atoms with van der Waals surface area (Å²) in [6.45, 7) is 6.28. The van der Waals surface area contributed by atoms with Gasteiger partial charge in [-0.2, -0.15) is 0 Å². The molecule has 1 atom stereocenters. The van der Waals surface area contributed by atoms with Gasteiger partial charge >= 0.3 is 0 Å². The van der Waals surface area contributed by atoms with E-state index < -0.39 is 6.35 Å². The van der Waals surface area contributed by atoms with E-state index in [4.69, 9.17) is 0 Å². The lowest BCUT2D eigenvalue weighted by molar-refractivity contribution is -0.0772. The smallest absolute Gasteiger partial charge is 0.186 e. The van der Waals surface area contributed by atoms with E-state index in [1.165, 1.54) is 0 Å². The van der Waals surface area contributed by atoms with Crippen molar-refractivity contribution in [3.05, 3.63) is 77.5 Å². The summed E-state index contributed by atoms with van der Waals surface area (Å²) in [5, 5.41) is 10.7. The highest BCUT2D eigenvalue weighted by Gasteiger charge is 2.19. The Kier molecular flexibility index (Phi) is 6.29. The molecule has 2 aromatic rings. The van der Waals surface area contributed by atoms with Crippen LogP contribution in [-0.4, -0.2) is 42.1 Å². The van der Waals surface area contributed by atoms with Crippen molar-refractivity contribution in [1.29, 1.82) is 0 Å². The Balaban J connectivity index is 2.17. The van der Waals surface area contributed by atoms with Gasteiger partial charge in [-0.05, 0) is 26.3 Å². The fraction of sp³-hybridized carbons (Fsp3) is 0.250. The summed E-state index contributed by atoms with van der Waals surface area (Å²) >= 11 is 0. The lowest BCUT2D eigenvalue weighted by Crippen LogP contribution is -2.43. The normalized spacial score (nSPS) is 13.4. The van der Waals surface area contributed by atoms with Gasteiger partial charge in [-0.15, -0.1) is 0 Å². The molecular weight excluding hydrogens is 298 g/mol. The SMILES string of the molecule is C=NC(=C(C)N(C)C(O)N(C)Cc1ccccc1)c1ccccc1. The second kappa shape index (κ2) is 8.43. The first-order chi connectivity index (χ1) is 11.5. The Morgan fingerprint density at radius 3 is 2.12 bits per heavy atom. The Hall–Kier alpha value is -2.43. The van der Waals surface area contributed by atoms with Crippen LogP contribution in [0, 0.1) is 0 Å². The maximum absolute atomic E-state index is 10.7. The summed E-state index contributed by atoms with van der Waals surface area (Å²) in [4.78, 5) is 7.85. The molecule has 0 heterocycles. The van der Waals surface area contributed by atoms with Crippen molar-refractivity contribution in [2.75, 3.05) is 14.1 Å². The first kappa shape index (κ1) is 17.9. The summed E-state index contributed by atoms with van der Waals surface area (Å²) in [5.74, 6) is 0. The molecule has 126 valence electrons. The lowest BCUT2D eigenvalue weighted by atomic mass is 10.1. The van der Waals surface area contributed by atoms with Crippen LogP contribution >= 0.6 is 0 Å². The van der Waals surface area contributed by atoms with E-state index >= 15 is 0 Å². The molecule has 0 aromatic heterocycles. The number of benzene rings is 2. The Morgan fingerprint density at radius 1 is 1.04 bits per heavy atom. The highest BCUT2D eigenvalue weighted by molar-refractivity contribution is 5.70. The monoisotopic (exact) mass is 323 g/mol. The zero-order valence-electron chi connectivity index (χ0n) is 14.6. The molecule has 0 aliphatic heterocycles. The minimum atomic E-state index is -0.759. The van der Waals surface area contributed by atoms with Crippen LogP contribution in [0.4, 0.5) is 0 Å². The van der Waals surface area contributed by atoms with Gasteiger partial charge in [-0.1, -0.05) is 60.7 Å². The first-order valence-electron chi connectivity index (χ1n) is 7.92. The average molecular weight is 323 g/mol. The zero-order chi connectivity index (χ0) is 17.5. The van der Waals surface area contributed by atoms with Crippen LogP contribution in [0.3, 0.4) is 0 Å². The molecule has 1 unspecified atom stereocenters. The fourth-order valence-electron chi connectivity index (χ4n) is 2.60. The number of hydrogen-bond acceptors (Lipinski definition) is 4. The zero-order valence-corrected chi connectivity index (χ0v) is 14.6. The van der Waals surface area contributed by atoms with E-state index in [9.17, 15) is 5.11 Å². The number of rotatable bonds is 7. The van der Waals surface area contributed by atoms with Crippen molar-refractivity contribution in [2.24, 2.45) is 4.99 Å². The van der Waals surface area contributed by atoms with Crippen molar-refractivity contribution in [3.8, 4) is 0 Å². The molecule has 2 aromatic carbocycles. The van der Waals surface area contributed by atoms with Gasteiger partial charge in [-0.25, -0.2) is 0 Å². The summed E-state index contributed by atoms with van der Waals surface area (Å²) in [6.07, 6.45) is -0.759. The van der Waals surface area contributed by atoms with Gasteiger partial charge < -0.3 is 10.0 Å². The molecule has 4 heteroatoms. The van der Waals surface area contributed by atoms with Gasteiger partial charge in [0.25, 0.3) is 0 Å². The summed E-state index contributed by atoms with van der Waals surface area (Å²) in [5.41, 5.74) is 3.77. The average Bonchev–Trinajstić information content (AvgIpc) is 2.62. The second-order valence-corrected chi connectivity index (χ2v) is 5.82. The Labute approximate surface area is 144 Å². The molecule has 0 spiro atoms. The maximum Gasteiger partial charge on any atom is 0.186 e. The van der Waals surface area contributed by atoms with Crippen LogP contribution in [0.5, 0.6) is 0 Å². The van der Waals surface area contributed by atoms with Gasteiger partial charge in [0.05, 0.1) is 5.70 Å². The van der Waals surface area contributed by atoms with E-state index in [1.54, 1.807) is 4.90 Å². The van der Waals surface area contributed by atoms with Gasteiger partial charge in [0, 0.05) is 24.9 Å². The van der Waals surface area contributed by atoms with Crippen molar-refractivity contribution in [1.82, 2.24) is 9.80 Å². The first-order valence-corrected chi connectivity index (χ1v) is 7.92. The van der Waals surface area contributed by atoms with Gasteiger partial charge in [-0.3, -0.25) is 9.89 Å². The molecule has 24 heavy (non-hydrogen) atoms. The third-order valence-corrected chi connectivity index (χ3v) is 4.09. The number of aliphatic imine (C=N–C) groups is 1. The van der Waals surface area contributed by atoms with Crippen LogP contribution in [-0.2, 0) is 6.54 Å². The van der Waals surface area contributed by atoms with Crippen molar-refractivity contribution >= 4 is 12.4 Å². The molecule has 0 fully saturated rings. The number of aliphatic hydroxyl groups is 1. The van der Waals surface area contributed by atoms with Crippen molar-refractivity contribution < 1.29 is 5.11 Å². The largest absolute Gasteiger partial charge is 0.361 e. The van der Waals surface area contributed by atoms with Crippen molar-refractivity contribution in [3.63, 3.8) is 0 Å². The molecule has 0 radical (unpaired) electrons. The fourth-order valence-corrected chi connectivity index (χ4v) is 2.60. The van der Waals surface area contributed by atoms with Crippen LogP contribution < -0.4 is 0 Å². The Morgan fingerprint density at radius 2 is 1.58 bits per heavy atom. The highest BCUT2D eigenvalue weighted by Crippen LogP contribution is 2.23. The molecule has 0 bridgehead atoms. The van der Waals surface area contributed by atoms with Gasteiger partial charge in [0.2, 0.25) is 0 Å². The minimum Gasteiger partial charge on any atom is -0.361 e. The summed E-state index contributed by atoms with van der Waals surface area (Å²) in [7, 11) is 3.75. The van der Waals surface area contributed by atoms with Gasteiger partial charge in [0.1, 0.15) is 0 Å². The standard InChI is InChI=1S/C20H25N3O/c1-16(19(21-2)18-13-9-6-10-14-18)23(4)20(24)22(3)15-17-11-7-5-8-12-17/h5-14,20,24H,2,15H2,1,3-4H3. The summed E-state index contributed by atoms with van der Waals surface area (Å²) < 4.78 is 0. The molecular formula is C20H25N3O. The third kappa shape index (κ3) is 4.31. The van der Waals surface area contributed by atoms with Crippen LogP contribution in [0.15, 0.2) is 71.4 Å². The predicted octanol–water partition coefficient (Wildman–Crippen LogP) is 3.42. The number of aliphatic hydroxyl groups excluding tert-OH is 1. The molecule has 4 nitrogen and oxygen atoms in total. The van der Waals surface area contributed by atoms with Crippen LogP contribution in [0.2, 0.25) is 0 Å². The number of nitrogens with zero attached hydrogens (tertiary/aromatic N) is 3. The third-order valence-electron chi connectivity index (χ3n) is 4.09. The molecule has 2 rings (SSSR count). The number of hydrogen-bond donors (Lipinski definition) is 1. The predicted molar refractivity (Wildman–Crippen MR) is 100 cm³/mol. The van der Waals surface area contributed by atoms with Crippen LogP contribution in [0.25, 0.3) is 5.70 Å². The van der Waals surface area contributed by atoms with E-state index in [0.29, 0.717) is 6.54 Å². The van der Waals surface area contributed by atoms with Gasteiger partial charge in [0.15, 0.2) is 6.35 Å². The summed E-state index contributed by atoms with van der Waals surface area (Å²) in [6, 6.07) is 19.9. The van der Waals surface area contributed by atoms with Crippen LogP contribution in [0.1, 0.15) is 18.1 Å². The van der Waals surface area contributed by atoms with E-state index in [2.05, 4.69) is 11.7 Å². The van der Waals surface area contributed by atoms with Crippen molar-refractivity contribution in [2.45, 2.75) is 19.8 Å². The molecule has 0 saturated carbocycles. The molecule has 0 aliphatic rings. The highest BCUT2D eigenvalue weighted by atomic mass is 16.3. The second-order valence-electron chi connectivity index (χ2n) is 5.82. The molecule has 0 aliphatic carbocycles.